The molecule has 1 aliphatic rings. The second-order valence-electron chi connectivity index (χ2n) is 6.54. The van der Waals surface area contributed by atoms with Gasteiger partial charge in [0.15, 0.2) is 0 Å². The summed E-state index contributed by atoms with van der Waals surface area (Å²) in [4.78, 5) is 11.0. The van der Waals surface area contributed by atoms with Gasteiger partial charge in [0.05, 0.1) is 0 Å². The van der Waals surface area contributed by atoms with Gasteiger partial charge in [-0.3, -0.25) is 9.88 Å². The molecule has 0 saturated carbocycles. The van der Waals surface area contributed by atoms with Crippen molar-refractivity contribution in [3.05, 3.63) is 48.3 Å². The monoisotopic (exact) mass is 350 g/mol. The van der Waals surface area contributed by atoms with E-state index in [-0.39, 0.29) is 0 Å². The smallest absolute Gasteiger partial charge is 0.258 e. The van der Waals surface area contributed by atoms with Gasteiger partial charge in [-0.05, 0) is 68.8 Å². The fourth-order valence-electron chi connectivity index (χ4n) is 3.16. The van der Waals surface area contributed by atoms with E-state index in [1.165, 1.54) is 25.9 Å². The Kier molecular flexibility index (Phi) is 4.93. The van der Waals surface area contributed by atoms with Gasteiger partial charge in [0, 0.05) is 30.1 Å². The molecule has 0 amide bonds. The van der Waals surface area contributed by atoms with Gasteiger partial charge in [-0.15, -0.1) is 0 Å². The highest BCUT2D eigenvalue weighted by Gasteiger charge is 2.13. The first-order valence-electron chi connectivity index (χ1n) is 9.00. The lowest BCUT2D eigenvalue weighted by molar-refractivity contribution is 0.238. The molecule has 1 fully saturated rings. The average Bonchev–Trinajstić information content (AvgIpc) is 3.35. The summed E-state index contributed by atoms with van der Waals surface area (Å²) in [6.07, 6.45) is 6.12. The first-order chi connectivity index (χ1) is 12.8. The zero-order valence-electron chi connectivity index (χ0n) is 14.9. The maximum absolute atomic E-state index is 5.84. The first-order valence-corrected chi connectivity index (χ1v) is 9.00. The molecule has 0 aliphatic carbocycles. The molecule has 26 heavy (non-hydrogen) atoms. The van der Waals surface area contributed by atoms with E-state index < -0.39 is 0 Å². The lowest BCUT2D eigenvalue weighted by atomic mass is 10.1. The van der Waals surface area contributed by atoms with Gasteiger partial charge in [-0.1, -0.05) is 5.16 Å². The van der Waals surface area contributed by atoms with Gasteiger partial charge in [0.2, 0.25) is 5.82 Å². The summed E-state index contributed by atoms with van der Waals surface area (Å²) < 4.78 is 11.2. The molecule has 6 nitrogen and oxygen atoms in total. The maximum atomic E-state index is 5.84. The molecule has 0 atom stereocenters. The molecule has 3 heterocycles. The molecule has 1 aromatic carbocycles. The van der Waals surface area contributed by atoms with Crippen molar-refractivity contribution in [3.8, 4) is 28.6 Å². The summed E-state index contributed by atoms with van der Waals surface area (Å²) in [6.45, 7) is 6.06. The highest BCUT2D eigenvalue weighted by atomic mass is 16.5. The Morgan fingerprint density at radius 2 is 1.92 bits per heavy atom. The van der Waals surface area contributed by atoms with Crippen LogP contribution in [-0.2, 0) is 0 Å². The molecule has 134 valence electrons. The fraction of sp³-hybridized carbons (Fsp3) is 0.350. The number of hydrogen-bond acceptors (Lipinski definition) is 6. The zero-order chi connectivity index (χ0) is 17.8. The minimum atomic E-state index is 0.505. The number of ether oxygens (including phenoxy) is 1. The Hall–Kier alpha value is -2.73. The van der Waals surface area contributed by atoms with Gasteiger partial charge in [0.25, 0.3) is 5.89 Å². The average molecular weight is 350 g/mol. The van der Waals surface area contributed by atoms with Crippen LogP contribution in [0.4, 0.5) is 0 Å². The van der Waals surface area contributed by atoms with E-state index in [0.29, 0.717) is 18.3 Å². The number of hydrogen-bond donors (Lipinski definition) is 0. The molecule has 2 aromatic heterocycles. The number of benzene rings is 1. The van der Waals surface area contributed by atoms with Gasteiger partial charge < -0.3 is 9.26 Å². The van der Waals surface area contributed by atoms with Gasteiger partial charge in [-0.25, -0.2) is 0 Å². The summed E-state index contributed by atoms with van der Waals surface area (Å²) in [6, 6.07) is 9.70. The molecular formula is C20H22N4O2. The Morgan fingerprint density at radius 3 is 2.69 bits per heavy atom. The Balaban J connectivity index is 1.40. The summed E-state index contributed by atoms with van der Waals surface area (Å²) in [5, 5.41) is 4.09. The fourth-order valence-corrected chi connectivity index (χ4v) is 3.16. The van der Waals surface area contributed by atoms with E-state index in [9.17, 15) is 0 Å². The van der Waals surface area contributed by atoms with Crippen molar-refractivity contribution in [1.82, 2.24) is 20.0 Å². The highest BCUT2D eigenvalue weighted by Crippen LogP contribution is 2.25. The summed E-state index contributed by atoms with van der Waals surface area (Å²) in [7, 11) is 0. The number of aryl methyl sites for hydroxylation is 1. The highest BCUT2D eigenvalue weighted by molar-refractivity contribution is 5.62. The third-order valence-corrected chi connectivity index (χ3v) is 4.66. The molecular weight excluding hydrogens is 328 g/mol. The van der Waals surface area contributed by atoms with Crippen molar-refractivity contribution in [3.63, 3.8) is 0 Å². The van der Waals surface area contributed by atoms with Gasteiger partial charge in [-0.2, -0.15) is 4.98 Å². The van der Waals surface area contributed by atoms with Crippen LogP contribution in [0.2, 0.25) is 0 Å². The van der Waals surface area contributed by atoms with Crippen molar-refractivity contribution in [2.24, 2.45) is 0 Å². The number of rotatable bonds is 6. The lowest BCUT2D eigenvalue weighted by Gasteiger charge is -2.14. The molecule has 1 aliphatic heterocycles. The Labute approximate surface area is 152 Å². The molecule has 0 N–H and O–H groups in total. The van der Waals surface area contributed by atoms with Crippen LogP contribution in [-0.4, -0.2) is 46.3 Å². The van der Waals surface area contributed by atoms with E-state index >= 15 is 0 Å². The lowest BCUT2D eigenvalue weighted by Crippen LogP contribution is -2.25. The summed E-state index contributed by atoms with van der Waals surface area (Å²) in [5.41, 5.74) is 2.81. The van der Waals surface area contributed by atoms with Crippen molar-refractivity contribution >= 4 is 0 Å². The third-order valence-electron chi connectivity index (χ3n) is 4.66. The predicted octanol–water partition coefficient (Wildman–Crippen LogP) is 3.58. The van der Waals surface area contributed by atoms with E-state index in [1.807, 2.05) is 37.3 Å². The molecule has 0 bridgehead atoms. The van der Waals surface area contributed by atoms with E-state index in [1.54, 1.807) is 12.4 Å². The van der Waals surface area contributed by atoms with Crippen LogP contribution >= 0.6 is 0 Å². The predicted molar refractivity (Wildman–Crippen MR) is 98.9 cm³/mol. The topological polar surface area (TPSA) is 64.3 Å². The molecule has 0 unspecified atom stereocenters. The Bertz CT molecular complexity index is 854. The van der Waals surface area contributed by atoms with Crippen LogP contribution < -0.4 is 4.74 Å². The second kappa shape index (κ2) is 7.66. The largest absolute Gasteiger partial charge is 0.492 e. The van der Waals surface area contributed by atoms with Crippen molar-refractivity contribution in [2.75, 3.05) is 26.2 Å². The van der Waals surface area contributed by atoms with Crippen LogP contribution in [0.15, 0.2) is 47.2 Å². The number of aromatic nitrogens is 3. The van der Waals surface area contributed by atoms with Crippen molar-refractivity contribution < 1.29 is 9.26 Å². The standard InChI is InChI=1S/C20H22N4O2/c1-15-14-21-9-8-18(15)20-22-19(23-26-20)16-4-6-17(7-5-16)25-13-12-24-10-2-3-11-24/h4-9,14H,2-3,10-13H2,1H3. The normalized spacial score (nSPS) is 14.7. The van der Waals surface area contributed by atoms with Gasteiger partial charge >= 0.3 is 0 Å². The van der Waals surface area contributed by atoms with Gasteiger partial charge in [0.1, 0.15) is 12.4 Å². The SMILES string of the molecule is Cc1cnccc1-c1nc(-c2ccc(OCCN3CCCC3)cc2)no1. The molecule has 1 saturated heterocycles. The van der Waals surface area contributed by atoms with Crippen LogP contribution in [0, 0.1) is 6.92 Å². The molecule has 6 heteroatoms. The van der Waals surface area contributed by atoms with Crippen molar-refractivity contribution in [1.29, 1.82) is 0 Å². The summed E-state index contributed by atoms with van der Waals surface area (Å²) >= 11 is 0. The van der Waals surface area contributed by atoms with Crippen LogP contribution in [0.1, 0.15) is 18.4 Å². The van der Waals surface area contributed by atoms with Crippen LogP contribution in [0.5, 0.6) is 5.75 Å². The summed E-state index contributed by atoms with van der Waals surface area (Å²) in [5.74, 6) is 1.94. The Morgan fingerprint density at radius 1 is 1.12 bits per heavy atom. The molecule has 0 spiro atoms. The van der Waals surface area contributed by atoms with Crippen LogP contribution in [0.25, 0.3) is 22.8 Å². The second-order valence-corrected chi connectivity index (χ2v) is 6.54. The third kappa shape index (κ3) is 3.75. The number of likely N-dealkylation sites (tertiary alicyclic amines) is 1. The quantitative estimate of drug-likeness (QED) is 0.677. The number of pyridine rings is 1. The first kappa shape index (κ1) is 16.7. The molecule has 0 radical (unpaired) electrons. The van der Waals surface area contributed by atoms with Crippen molar-refractivity contribution in [2.45, 2.75) is 19.8 Å². The minimum Gasteiger partial charge on any atom is -0.492 e. The van der Waals surface area contributed by atoms with E-state index in [0.717, 1.165) is 29.0 Å². The van der Waals surface area contributed by atoms with E-state index in [4.69, 9.17) is 9.26 Å². The molecule has 4 rings (SSSR count). The number of nitrogens with zero attached hydrogens (tertiary/aromatic N) is 4. The maximum Gasteiger partial charge on any atom is 0.258 e. The van der Waals surface area contributed by atoms with Crippen LogP contribution in [0.3, 0.4) is 0 Å². The zero-order valence-corrected chi connectivity index (χ0v) is 14.9. The molecule has 3 aromatic rings. The minimum absolute atomic E-state index is 0.505. The van der Waals surface area contributed by atoms with E-state index in [2.05, 4.69) is 20.0 Å².